The molecule has 5 heteroatoms. The van der Waals surface area contributed by atoms with Gasteiger partial charge in [0.2, 0.25) is 0 Å². The van der Waals surface area contributed by atoms with Crippen molar-refractivity contribution in [2.45, 2.75) is 39.2 Å². The van der Waals surface area contributed by atoms with Gasteiger partial charge < -0.3 is 9.84 Å². The van der Waals surface area contributed by atoms with Crippen LogP contribution in [0.4, 0.5) is 4.39 Å². The molecular weight excluding hydrogens is 345 g/mol. The highest BCUT2D eigenvalue weighted by atomic mass is 19.1. The Balaban J connectivity index is 2.36. The monoisotopic (exact) mass is 367 g/mol. The molecule has 1 N–H and O–H groups in total. The Labute approximate surface area is 158 Å². The first kappa shape index (κ1) is 20.2. The molecule has 0 aromatic heterocycles. The van der Waals surface area contributed by atoms with Crippen LogP contribution < -0.4 is 0 Å². The fraction of sp³-hybridized carbons (Fsp3) is 0.273. The number of allylic oxidation sites excluding steroid dienone is 1. The van der Waals surface area contributed by atoms with Crippen LogP contribution in [-0.4, -0.2) is 16.7 Å². The fourth-order valence-electron chi connectivity index (χ4n) is 2.56. The summed E-state index contributed by atoms with van der Waals surface area (Å²) in [6.45, 7) is 6.59. The van der Waals surface area contributed by atoms with Gasteiger partial charge >= 0.3 is 5.97 Å². The Morgan fingerprint density at radius 3 is 2.33 bits per heavy atom. The largest absolute Gasteiger partial charge is 0.510 e. The fourth-order valence-corrected chi connectivity index (χ4v) is 2.56. The van der Waals surface area contributed by atoms with Crippen LogP contribution in [0.25, 0.3) is 11.1 Å². The van der Waals surface area contributed by atoms with Crippen molar-refractivity contribution in [2.75, 3.05) is 0 Å². The molecule has 0 spiro atoms. The van der Waals surface area contributed by atoms with Crippen LogP contribution in [-0.2, 0) is 9.53 Å². The minimum absolute atomic E-state index is 0.433. The van der Waals surface area contributed by atoms with Crippen molar-refractivity contribution >= 4 is 5.97 Å². The summed E-state index contributed by atoms with van der Waals surface area (Å²) in [6.07, 6.45) is 0. The molecule has 0 saturated heterocycles. The summed E-state index contributed by atoms with van der Waals surface area (Å²) in [4.78, 5) is 12.1. The first-order valence-electron chi connectivity index (χ1n) is 8.55. The Morgan fingerprint density at radius 2 is 1.81 bits per heavy atom. The number of nitriles is 1. The maximum absolute atomic E-state index is 14.6. The zero-order valence-corrected chi connectivity index (χ0v) is 15.8. The number of halogens is 1. The van der Waals surface area contributed by atoms with E-state index < -0.39 is 34.6 Å². The van der Waals surface area contributed by atoms with E-state index in [2.05, 4.69) is 0 Å². The summed E-state index contributed by atoms with van der Waals surface area (Å²) in [5.74, 6) is -2.55. The Morgan fingerprint density at radius 1 is 1.19 bits per heavy atom. The maximum Gasteiger partial charge on any atom is 0.352 e. The van der Waals surface area contributed by atoms with Gasteiger partial charge in [-0.15, -0.1) is 0 Å². The lowest BCUT2D eigenvalue weighted by Crippen LogP contribution is -2.25. The molecule has 0 saturated carbocycles. The summed E-state index contributed by atoms with van der Waals surface area (Å²) in [7, 11) is 0. The van der Waals surface area contributed by atoms with Gasteiger partial charge in [0.1, 0.15) is 23.2 Å². The van der Waals surface area contributed by atoms with E-state index >= 15 is 0 Å². The van der Waals surface area contributed by atoms with Gasteiger partial charge in [-0.3, -0.25) is 0 Å². The molecule has 1 atom stereocenters. The molecule has 140 valence electrons. The lowest BCUT2D eigenvalue weighted by Gasteiger charge is -2.20. The Kier molecular flexibility index (Phi) is 6.02. The van der Waals surface area contributed by atoms with Gasteiger partial charge in [0.25, 0.3) is 0 Å². The van der Waals surface area contributed by atoms with Crippen molar-refractivity contribution in [3.05, 3.63) is 71.2 Å². The second-order valence-corrected chi connectivity index (χ2v) is 7.20. The van der Waals surface area contributed by atoms with Gasteiger partial charge in [-0.2, -0.15) is 5.26 Å². The zero-order valence-electron chi connectivity index (χ0n) is 15.8. The van der Waals surface area contributed by atoms with E-state index in [1.54, 1.807) is 58.0 Å². The molecule has 0 radical (unpaired) electrons. The highest BCUT2D eigenvalue weighted by molar-refractivity contribution is 5.93. The molecule has 0 fully saturated rings. The number of aliphatic hydroxyl groups is 1. The molecule has 4 nitrogen and oxygen atoms in total. The number of hydrogen-bond donors (Lipinski definition) is 1. The van der Waals surface area contributed by atoms with Crippen LogP contribution in [0.15, 0.2) is 59.9 Å². The molecule has 0 heterocycles. The van der Waals surface area contributed by atoms with Crippen LogP contribution in [0, 0.1) is 17.1 Å². The van der Waals surface area contributed by atoms with Crippen LogP contribution >= 0.6 is 0 Å². The zero-order chi connectivity index (χ0) is 20.2. The second-order valence-electron chi connectivity index (χ2n) is 7.20. The van der Waals surface area contributed by atoms with Gasteiger partial charge in [-0.05, 0) is 38.0 Å². The van der Waals surface area contributed by atoms with Gasteiger partial charge in [0.15, 0.2) is 5.57 Å². The van der Waals surface area contributed by atoms with Gasteiger partial charge in [-0.1, -0.05) is 49.4 Å². The molecule has 2 aromatic carbocycles. The predicted molar refractivity (Wildman–Crippen MR) is 101 cm³/mol. The topological polar surface area (TPSA) is 70.3 Å². The number of ether oxygens (including phenoxy) is 1. The predicted octanol–water partition coefficient (Wildman–Crippen LogP) is 5.27. The van der Waals surface area contributed by atoms with E-state index in [1.807, 2.05) is 18.2 Å². The molecule has 27 heavy (non-hydrogen) atoms. The number of aliphatic hydroxyl groups excluding tert-OH is 1. The molecule has 0 aliphatic rings. The maximum atomic E-state index is 14.6. The van der Waals surface area contributed by atoms with Crippen molar-refractivity contribution in [1.29, 1.82) is 5.26 Å². The van der Waals surface area contributed by atoms with Crippen LogP contribution in [0.1, 0.15) is 39.2 Å². The average molecular weight is 367 g/mol. The first-order valence-corrected chi connectivity index (χ1v) is 8.55. The van der Waals surface area contributed by atoms with E-state index in [-0.39, 0.29) is 0 Å². The summed E-state index contributed by atoms with van der Waals surface area (Å²) in [6, 6.07) is 15.4. The van der Waals surface area contributed by atoms with Crippen LogP contribution in [0.3, 0.4) is 0 Å². The second kappa shape index (κ2) is 8.05. The number of benzene rings is 2. The van der Waals surface area contributed by atoms with Crippen molar-refractivity contribution in [1.82, 2.24) is 0 Å². The van der Waals surface area contributed by atoms with Crippen LogP contribution in [0.5, 0.6) is 0 Å². The number of carbonyl (C=O) groups excluding carboxylic acids is 1. The summed E-state index contributed by atoms with van der Waals surface area (Å²) >= 11 is 0. The summed E-state index contributed by atoms with van der Waals surface area (Å²) in [5.41, 5.74) is 0.334. The molecule has 2 aromatic rings. The van der Waals surface area contributed by atoms with Crippen molar-refractivity contribution in [3.63, 3.8) is 0 Å². The third-order valence-corrected chi connectivity index (χ3v) is 3.96. The van der Waals surface area contributed by atoms with E-state index in [0.717, 1.165) is 5.56 Å². The molecule has 0 bridgehead atoms. The lowest BCUT2D eigenvalue weighted by molar-refractivity contribution is -0.149. The minimum Gasteiger partial charge on any atom is -0.510 e. The molecule has 0 amide bonds. The first-order chi connectivity index (χ1) is 12.6. The Hall–Kier alpha value is -3.13. The van der Waals surface area contributed by atoms with E-state index in [4.69, 9.17) is 4.74 Å². The van der Waals surface area contributed by atoms with E-state index in [1.165, 1.54) is 6.07 Å². The lowest BCUT2D eigenvalue weighted by atomic mass is 9.93. The number of hydrogen-bond acceptors (Lipinski definition) is 4. The molecular formula is C22H22FNO3. The summed E-state index contributed by atoms with van der Waals surface area (Å²) < 4.78 is 19.7. The van der Waals surface area contributed by atoms with Gasteiger partial charge in [0, 0.05) is 11.5 Å². The standard InChI is InChI=1S/C22H22FNO3/c1-14(20(25)18(13-24)21(26)27-22(2,3)4)16-10-11-17(19(23)12-16)15-8-6-5-7-9-15/h5-12,14,25H,1-4H3/b20-18-/t14-/m0/s1. The third kappa shape index (κ3) is 4.95. The van der Waals surface area contributed by atoms with Crippen molar-refractivity contribution < 1.29 is 19.0 Å². The highest BCUT2D eigenvalue weighted by Crippen LogP contribution is 2.30. The number of esters is 1. The SMILES string of the molecule is C[C@H](/C(O)=C(\C#N)C(=O)OC(C)(C)C)c1ccc(-c2ccccc2)c(F)c1. The number of carbonyl (C=O) groups is 1. The quantitative estimate of drug-likeness (QED) is 0.346. The number of rotatable bonds is 4. The molecule has 2 rings (SSSR count). The average Bonchev–Trinajstić information content (AvgIpc) is 2.60. The normalized spacial score (nSPS) is 13.3. The van der Waals surface area contributed by atoms with Crippen molar-refractivity contribution in [2.24, 2.45) is 0 Å². The third-order valence-electron chi connectivity index (χ3n) is 3.96. The smallest absolute Gasteiger partial charge is 0.352 e. The Bertz CT molecular complexity index is 905. The van der Waals surface area contributed by atoms with E-state index in [0.29, 0.717) is 11.1 Å². The highest BCUT2D eigenvalue weighted by Gasteiger charge is 2.26. The van der Waals surface area contributed by atoms with Gasteiger partial charge in [0.05, 0.1) is 0 Å². The van der Waals surface area contributed by atoms with Crippen molar-refractivity contribution in [3.8, 4) is 17.2 Å². The molecule has 0 unspecified atom stereocenters. The van der Waals surface area contributed by atoms with Gasteiger partial charge in [-0.25, -0.2) is 9.18 Å². The van der Waals surface area contributed by atoms with E-state index in [9.17, 15) is 19.6 Å². The summed E-state index contributed by atoms with van der Waals surface area (Å²) in [5, 5.41) is 19.7. The molecule has 0 aliphatic carbocycles. The minimum atomic E-state index is -0.907. The number of nitrogens with zero attached hydrogens (tertiary/aromatic N) is 1. The molecule has 0 aliphatic heterocycles. The van der Waals surface area contributed by atoms with Crippen LogP contribution in [0.2, 0.25) is 0 Å².